The highest BCUT2D eigenvalue weighted by Crippen LogP contribution is 2.88. The highest BCUT2D eigenvalue weighted by molar-refractivity contribution is 7.86. The van der Waals surface area contributed by atoms with E-state index in [0.29, 0.717) is 0 Å². The van der Waals surface area contributed by atoms with E-state index in [2.05, 4.69) is 0 Å². The Morgan fingerprint density at radius 2 is 1.00 bits per heavy atom. The molecule has 0 radical (unpaired) electrons. The summed E-state index contributed by atoms with van der Waals surface area (Å²) >= 11 is 82.7. The minimum absolute atomic E-state index is 0.0296. The first-order chi connectivity index (χ1) is 17.5. The maximum absolute atomic E-state index is 12.3. The van der Waals surface area contributed by atoms with Crippen LogP contribution in [0.25, 0.3) is 0 Å². The van der Waals surface area contributed by atoms with E-state index in [9.17, 15) is 22.9 Å². The van der Waals surface area contributed by atoms with Gasteiger partial charge in [-0.25, -0.2) is 4.79 Å². The molecule has 18 heteroatoms. The average molecular weight is 798 g/mol. The van der Waals surface area contributed by atoms with Gasteiger partial charge in [-0.2, -0.15) is 8.42 Å². The lowest BCUT2D eigenvalue weighted by Crippen LogP contribution is -2.53. The quantitative estimate of drug-likeness (QED) is 0.231. The van der Waals surface area contributed by atoms with Gasteiger partial charge in [-0.05, 0) is 23.3 Å². The van der Waals surface area contributed by atoms with E-state index in [4.69, 9.17) is 139 Å². The molecule has 4 bridgehead atoms. The van der Waals surface area contributed by atoms with E-state index in [1.807, 2.05) is 0 Å². The van der Waals surface area contributed by atoms with E-state index in [0.717, 1.165) is 12.1 Å². The molecule has 5 aliphatic carbocycles. The Balaban J connectivity index is 1.84. The van der Waals surface area contributed by atoms with Gasteiger partial charge < -0.3 is 5.11 Å². The summed E-state index contributed by atoms with van der Waals surface area (Å²) < 4.78 is 30.3. The van der Waals surface area contributed by atoms with Crippen LogP contribution in [0.2, 0.25) is 0 Å². The van der Waals surface area contributed by atoms with Crippen molar-refractivity contribution in [1.82, 2.24) is 0 Å². The lowest BCUT2D eigenvalue weighted by atomic mass is 9.57. The summed E-state index contributed by atoms with van der Waals surface area (Å²) in [6.07, 6.45) is 0. The molecule has 0 aromatic heterocycles. The van der Waals surface area contributed by atoms with Crippen molar-refractivity contribution in [3.63, 3.8) is 0 Å². The van der Waals surface area contributed by atoms with Gasteiger partial charge in [0.25, 0.3) is 10.1 Å². The van der Waals surface area contributed by atoms with Crippen LogP contribution in [0.3, 0.4) is 0 Å². The molecule has 0 heterocycles. The summed E-state index contributed by atoms with van der Waals surface area (Å²) in [5.41, 5.74) is -0.688. The predicted octanol–water partition coefficient (Wildman–Crippen LogP) is 8.74. The number of carbonyl (C=O) groups is 1. The second-order valence-corrected chi connectivity index (χ2v) is 18.0. The van der Waals surface area contributed by atoms with Gasteiger partial charge in [0.2, 0.25) is 0 Å². The van der Waals surface area contributed by atoms with E-state index in [1.54, 1.807) is 0 Å². The number of fused-ring (bicyclic) bond motifs is 14. The maximum Gasteiger partial charge on any atom is 0.337 e. The fourth-order valence-electron chi connectivity index (χ4n) is 7.31. The van der Waals surface area contributed by atoms with Crippen LogP contribution in [0, 0.1) is 11.8 Å². The number of allylic oxidation sites excluding steroid dienone is 4. The van der Waals surface area contributed by atoms with Crippen LogP contribution in [0.15, 0.2) is 37.2 Å². The van der Waals surface area contributed by atoms with Gasteiger partial charge in [0.15, 0.2) is 8.67 Å². The topological polar surface area (TPSA) is 91.7 Å². The lowest BCUT2D eigenvalue weighted by Gasteiger charge is -2.52. The monoisotopic (exact) mass is 792 g/mol. The number of rotatable bonds is 2. The first kappa shape index (κ1) is 30.6. The zero-order valence-corrected chi connectivity index (χ0v) is 27.9. The Morgan fingerprint density at radius 3 is 1.33 bits per heavy atom. The molecule has 8 atom stereocenters. The smallest absolute Gasteiger partial charge is 0.337 e. The molecule has 0 saturated heterocycles. The Bertz CT molecular complexity index is 1620. The number of halogens is 12. The molecule has 6 rings (SSSR count). The van der Waals surface area contributed by atoms with Crippen LogP contribution < -0.4 is 0 Å². The van der Waals surface area contributed by atoms with Crippen LogP contribution in [0.1, 0.15) is 33.3 Å². The lowest BCUT2D eigenvalue weighted by molar-refractivity contribution is 0.0691. The summed E-state index contributed by atoms with van der Waals surface area (Å²) in [5.74, 6) is -6.33. The van der Waals surface area contributed by atoms with Crippen molar-refractivity contribution in [2.45, 2.75) is 44.9 Å². The molecular formula is C21H8Cl12O5S. The molecule has 0 amide bonds. The molecule has 0 aliphatic heterocycles. The van der Waals surface area contributed by atoms with Gasteiger partial charge in [0.05, 0.1) is 25.7 Å². The van der Waals surface area contributed by atoms with Crippen LogP contribution in [-0.4, -0.2) is 52.2 Å². The van der Waals surface area contributed by atoms with Crippen molar-refractivity contribution in [1.29, 1.82) is 0 Å². The summed E-state index contributed by atoms with van der Waals surface area (Å²) in [5, 5.41) is 9.02. The highest BCUT2D eigenvalue weighted by Gasteiger charge is 2.91. The molecule has 5 aliphatic rings. The van der Waals surface area contributed by atoms with Crippen LogP contribution in [0.5, 0.6) is 0 Å². The van der Waals surface area contributed by atoms with Crippen LogP contribution >= 0.6 is 139 Å². The number of hydrogen-bond donors (Lipinski definition) is 2. The summed E-state index contributed by atoms with van der Waals surface area (Å²) in [6, 6.07) is 1.92. The standard InChI is InChI=1S/C21H8Cl12O5S/c22-11-13(24)18(28)9-7(16(11,26)20(18,30)31)3-1-5(15(34)35)6(39(36,37)38)2-4(3)8-10(9)19(29)14(25)12(23)17(8,27)21(19,32)33/h1-2,7-10H,(H,34,35)(H,36,37,38)/t7?,8?,9?,10?,16-,17+,18+,19-/m0/s1. The van der Waals surface area contributed by atoms with Crippen LogP contribution in [-0.2, 0) is 10.1 Å². The van der Waals surface area contributed by atoms with Crippen molar-refractivity contribution in [2.24, 2.45) is 11.8 Å². The molecule has 1 aromatic rings. The molecule has 0 spiro atoms. The molecule has 2 N–H and O–H groups in total. The van der Waals surface area contributed by atoms with Crippen molar-refractivity contribution in [3.05, 3.63) is 49.0 Å². The van der Waals surface area contributed by atoms with Gasteiger partial charge >= 0.3 is 5.97 Å². The number of hydrogen-bond acceptors (Lipinski definition) is 3. The van der Waals surface area contributed by atoms with Gasteiger partial charge in [0.1, 0.15) is 24.4 Å². The molecule has 1 aromatic carbocycles. The zero-order valence-electron chi connectivity index (χ0n) is 18.0. The van der Waals surface area contributed by atoms with Crippen molar-refractivity contribution in [3.8, 4) is 0 Å². The summed E-state index contributed by atoms with van der Waals surface area (Å²) in [7, 11) is -5.11. The number of aromatic carboxylic acids is 1. The third kappa shape index (κ3) is 2.87. The first-order valence-corrected chi connectivity index (χ1v) is 16.5. The van der Waals surface area contributed by atoms with Crippen molar-refractivity contribution >= 4 is 155 Å². The SMILES string of the molecule is O=C(O)c1cc2c(cc1S(=O)(=O)O)C1C(C3C2[C@]2(Cl)C(Cl)=C(Cl)[C@@]3(Cl)C2(Cl)Cl)[C@]2(Cl)C(Cl)=C(Cl)[C@@]1(Cl)C2(Cl)Cl. The molecule has 2 fully saturated rings. The highest BCUT2D eigenvalue weighted by atomic mass is 35.5. The van der Waals surface area contributed by atoms with E-state index < -0.39 is 78.4 Å². The van der Waals surface area contributed by atoms with Crippen molar-refractivity contribution < 1.29 is 22.9 Å². The van der Waals surface area contributed by atoms with E-state index in [-0.39, 0.29) is 31.3 Å². The fourth-order valence-corrected chi connectivity index (χ4v) is 14.1. The Kier molecular flexibility index (Phi) is 6.45. The Morgan fingerprint density at radius 1 is 0.667 bits per heavy atom. The largest absolute Gasteiger partial charge is 0.478 e. The normalized spacial score (nSPS) is 44.5. The maximum atomic E-state index is 12.3. The summed E-state index contributed by atoms with van der Waals surface area (Å²) in [6.45, 7) is 0. The van der Waals surface area contributed by atoms with Gasteiger partial charge in [-0.15, -0.1) is 46.4 Å². The molecular weight excluding hydrogens is 790 g/mol. The second-order valence-electron chi connectivity index (χ2n) is 10.0. The third-order valence-electron chi connectivity index (χ3n) is 8.74. The van der Waals surface area contributed by atoms with E-state index >= 15 is 0 Å². The van der Waals surface area contributed by atoms with Crippen LogP contribution in [0.4, 0.5) is 0 Å². The third-order valence-corrected chi connectivity index (χ3v) is 18.2. The molecule has 4 unspecified atom stereocenters. The van der Waals surface area contributed by atoms with Gasteiger partial charge in [-0.1, -0.05) is 92.8 Å². The number of benzene rings is 1. The first-order valence-electron chi connectivity index (χ1n) is 10.6. The van der Waals surface area contributed by atoms with Gasteiger partial charge in [-0.3, -0.25) is 4.55 Å². The zero-order chi connectivity index (χ0) is 29.4. The molecule has 5 nitrogen and oxygen atoms in total. The number of carboxylic acid groups (broad SMARTS) is 1. The minimum Gasteiger partial charge on any atom is -0.478 e. The molecule has 212 valence electrons. The minimum atomic E-state index is -5.11. The number of carboxylic acids is 1. The number of alkyl halides is 8. The summed E-state index contributed by atoms with van der Waals surface area (Å²) in [4.78, 5) is 3.26. The molecule has 39 heavy (non-hydrogen) atoms. The fraction of sp³-hybridized carbons (Fsp3) is 0.476. The van der Waals surface area contributed by atoms with E-state index in [1.165, 1.54) is 0 Å². The Labute approximate surface area is 281 Å². The Hall–Kier alpha value is 1.56. The average Bonchev–Trinajstić information content (AvgIpc) is 3.16. The van der Waals surface area contributed by atoms with Gasteiger partial charge in [0, 0.05) is 23.7 Å². The van der Waals surface area contributed by atoms with Crippen molar-refractivity contribution in [2.75, 3.05) is 0 Å². The molecule has 2 saturated carbocycles. The second kappa shape index (κ2) is 8.23. The predicted molar refractivity (Wildman–Crippen MR) is 156 cm³/mol.